The van der Waals surface area contributed by atoms with Crippen molar-refractivity contribution in [3.05, 3.63) is 88.1 Å². The van der Waals surface area contributed by atoms with Gasteiger partial charge in [0.25, 0.3) is 0 Å². The van der Waals surface area contributed by atoms with Gasteiger partial charge in [-0.05, 0) is 61.7 Å². The Labute approximate surface area is 196 Å². The highest BCUT2D eigenvalue weighted by atomic mass is 79.9. The van der Waals surface area contributed by atoms with Gasteiger partial charge >= 0.3 is 0 Å². The second-order valence-corrected chi connectivity index (χ2v) is 8.76. The lowest BCUT2D eigenvalue weighted by atomic mass is 9.99. The molecule has 4 rings (SSSR count). The van der Waals surface area contributed by atoms with Crippen LogP contribution in [0.3, 0.4) is 0 Å². The minimum absolute atomic E-state index is 0.183. The molecule has 0 unspecified atom stereocenters. The van der Waals surface area contributed by atoms with Gasteiger partial charge in [-0.1, -0.05) is 45.8 Å². The summed E-state index contributed by atoms with van der Waals surface area (Å²) in [5.74, 6) is 0.471. The Bertz CT molecular complexity index is 1330. The van der Waals surface area contributed by atoms with E-state index in [-0.39, 0.29) is 5.91 Å². The van der Waals surface area contributed by atoms with Gasteiger partial charge in [-0.2, -0.15) is 0 Å². The summed E-state index contributed by atoms with van der Waals surface area (Å²) in [5.41, 5.74) is 7.41. The van der Waals surface area contributed by atoms with Crippen molar-refractivity contribution in [2.24, 2.45) is 0 Å². The standard InChI is InChI=1S/C27H24BrNO3/c1-16-5-10-24(18(3)11-16)29-27(30)12-17(2)21-13-22-23(19-6-8-20(28)9-7-19)15-32-26(22)14-25(21)31-4/h5-15H,1-4H3,(H,29,30)/b17-12+. The van der Waals surface area contributed by atoms with Crippen LogP contribution in [0.1, 0.15) is 23.6 Å². The Balaban J connectivity index is 1.70. The first-order valence-electron chi connectivity index (χ1n) is 10.3. The quantitative estimate of drug-likeness (QED) is 0.294. The number of allylic oxidation sites excluding steroid dienone is 1. The number of carbonyl (C=O) groups is 1. The lowest BCUT2D eigenvalue weighted by Crippen LogP contribution is -2.10. The van der Waals surface area contributed by atoms with Crippen molar-refractivity contribution in [2.75, 3.05) is 12.4 Å². The molecule has 0 bridgehead atoms. The predicted molar refractivity (Wildman–Crippen MR) is 134 cm³/mol. The fourth-order valence-corrected chi connectivity index (χ4v) is 4.05. The fraction of sp³-hybridized carbons (Fsp3) is 0.148. The zero-order valence-corrected chi connectivity index (χ0v) is 20.0. The average molecular weight is 490 g/mol. The molecule has 162 valence electrons. The number of ether oxygens (including phenoxy) is 1. The maximum absolute atomic E-state index is 12.7. The molecule has 1 heterocycles. The molecule has 1 aromatic heterocycles. The molecule has 0 atom stereocenters. The summed E-state index contributed by atoms with van der Waals surface area (Å²) in [4.78, 5) is 12.7. The van der Waals surface area contributed by atoms with Crippen molar-refractivity contribution in [3.63, 3.8) is 0 Å². The number of rotatable bonds is 5. The van der Waals surface area contributed by atoms with Crippen LogP contribution in [0.15, 0.2) is 75.8 Å². The second kappa shape index (κ2) is 9.05. The summed E-state index contributed by atoms with van der Waals surface area (Å²) in [5, 5.41) is 3.93. The predicted octanol–water partition coefficient (Wildman–Crippen LogP) is 7.53. The van der Waals surface area contributed by atoms with E-state index in [1.165, 1.54) is 0 Å². The molecular weight excluding hydrogens is 466 g/mol. The summed E-state index contributed by atoms with van der Waals surface area (Å²) in [6, 6.07) is 17.9. The molecule has 0 aliphatic heterocycles. The third-order valence-electron chi connectivity index (χ3n) is 5.46. The Morgan fingerprint density at radius 1 is 1.06 bits per heavy atom. The van der Waals surface area contributed by atoms with Gasteiger partial charge < -0.3 is 14.5 Å². The minimum Gasteiger partial charge on any atom is -0.496 e. The molecule has 0 spiro atoms. The molecule has 0 aliphatic carbocycles. The SMILES string of the molecule is COc1cc2occ(-c3ccc(Br)cc3)c2cc1/C(C)=C/C(=O)Nc1ccc(C)cc1C. The lowest BCUT2D eigenvalue weighted by Gasteiger charge is -2.11. The summed E-state index contributed by atoms with van der Waals surface area (Å²) in [6.07, 6.45) is 3.35. The van der Waals surface area contributed by atoms with Crippen LogP contribution in [0.4, 0.5) is 5.69 Å². The van der Waals surface area contributed by atoms with Gasteiger partial charge in [-0.3, -0.25) is 4.79 Å². The number of aryl methyl sites for hydroxylation is 2. The van der Waals surface area contributed by atoms with Crippen LogP contribution in [0.5, 0.6) is 5.75 Å². The number of furan rings is 1. The molecule has 0 saturated heterocycles. The van der Waals surface area contributed by atoms with E-state index in [1.807, 2.05) is 75.4 Å². The third-order valence-corrected chi connectivity index (χ3v) is 5.99. The van der Waals surface area contributed by atoms with Crippen LogP contribution in [0.25, 0.3) is 27.7 Å². The number of hydrogen-bond donors (Lipinski definition) is 1. The van der Waals surface area contributed by atoms with E-state index in [0.717, 1.165) is 54.5 Å². The Kier molecular flexibility index (Phi) is 6.19. The van der Waals surface area contributed by atoms with Crippen molar-refractivity contribution in [1.29, 1.82) is 0 Å². The maximum Gasteiger partial charge on any atom is 0.248 e. The molecule has 1 amide bonds. The number of halogens is 1. The molecule has 0 aliphatic rings. The van der Waals surface area contributed by atoms with Crippen LogP contribution in [-0.4, -0.2) is 13.0 Å². The number of benzene rings is 3. The van der Waals surface area contributed by atoms with Crippen LogP contribution < -0.4 is 10.1 Å². The molecule has 4 aromatic rings. The van der Waals surface area contributed by atoms with Gasteiger partial charge in [0.15, 0.2) is 0 Å². The molecule has 32 heavy (non-hydrogen) atoms. The van der Waals surface area contributed by atoms with Crippen LogP contribution in [0, 0.1) is 13.8 Å². The van der Waals surface area contributed by atoms with E-state index in [4.69, 9.17) is 9.15 Å². The van der Waals surface area contributed by atoms with E-state index in [9.17, 15) is 4.79 Å². The van der Waals surface area contributed by atoms with E-state index in [0.29, 0.717) is 5.75 Å². The van der Waals surface area contributed by atoms with Crippen molar-refractivity contribution in [1.82, 2.24) is 0 Å². The molecule has 5 heteroatoms. The number of amides is 1. The summed E-state index contributed by atoms with van der Waals surface area (Å²) in [6.45, 7) is 5.92. The van der Waals surface area contributed by atoms with Crippen molar-refractivity contribution in [2.45, 2.75) is 20.8 Å². The van der Waals surface area contributed by atoms with E-state index in [1.54, 1.807) is 19.4 Å². The summed E-state index contributed by atoms with van der Waals surface area (Å²) in [7, 11) is 1.62. The van der Waals surface area contributed by atoms with Crippen LogP contribution >= 0.6 is 15.9 Å². The first kappa shape index (κ1) is 21.9. The van der Waals surface area contributed by atoms with Crippen molar-refractivity contribution < 1.29 is 13.9 Å². The van der Waals surface area contributed by atoms with Gasteiger partial charge in [0.05, 0.1) is 13.4 Å². The maximum atomic E-state index is 12.7. The largest absolute Gasteiger partial charge is 0.496 e. The molecule has 0 fully saturated rings. The Hall–Kier alpha value is -3.31. The second-order valence-electron chi connectivity index (χ2n) is 7.84. The van der Waals surface area contributed by atoms with Crippen molar-refractivity contribution in [3.8, 4) is 16.9 Å². The molecule has 4 nitrogen and oxygen atoms in total. The van der Waals surface area contributed by atoms with E-state index in [2.05, 4.69) is 21.2 Å². The Morgan fingerprint density at radius 2 is 1.81 bits per heavy atom. The van der Waals surface area contributed by atoms with Gasteiger partial charge in [-0.25, -0.2) is 0 Å². The topological polar surface area (TPSA) is 51.5 Å². The highest BCUT2D eigenvalue weighted by Crippen LogP contribution is 2.37. The molecular formula is C27H24BrNO3. The molecule has 0 radical (unpaired) electrons. The lowest BCUT2D eigenvalue weighted by molar-refractivity contribution is -0.111. The summed E-state index contributed by atoms with van der Waals surface area (Å²) < 4.78 is 12.4. The first-order chi connectivity index (χ1) is 15.4. The number of anilines is 1. The fourth-order valence-electron chi connectivity index (χ4n) is 3.78. The molecule has 1 N–H and O–H groups in total. The Morgan fingerprint density at radius 3 is 2.50 bits per heavy atom. The highest BCUT2D eigenvalue weighted by Gasteiger charge is 2.15. The number of fused-ring (bicyclic) bond motifs is 1. The zero-order chi connectivity index (χ0) is 22.8. The van der Waals surface area contributed by atoms with E-state index >= 15 is 0 Å². The highest BCUT2D eigenvalue weighted by molar-refractivity contribution is 9.10. The average Bonchev–Trinajstić information content (AvgIpc) is 3.18. The van der Waals surface area contributed by atoms with E-state index < -0.39 is 0 Å². The number of methoxy groups -OCH3 is 1. The summed E-state index contributed by atoms with van der Waals surface area (Å²) >= 11 is 3.48. The molecule has 3 aromatic carbocycles. The smallest absolute Gasteiger partial charge is 0.248 e. The number of nitrogens with one attached hydrogen (secondary N) is 1. The molecule has 0 saturated carbocycles. The number of hydrogen-bond acceptors (Lipinski definition) is 3. The zero-order valence-electron chi connectivity index (χ0n) is 18.5. The minimum atomic E-state index is -0.183. The van der Waals surface area contributed by atoms with Crippen LogP contribution in [0.2, 0.25) is 0 Å². The normalized spacial score (nSPS) is 11.6. The van der Waals surface area contributed by atoms with Gasteiger partial charge in [-0.15, -0.1) is 0 Å². The van der Waals surface area contributed by atoms with Crippen LogP contribution in [-0.2, 0) is 4.79 Å². The third kappa shape index (κ3) is 4.48. The van der Waals surface area contributed by atoms with Gasteiger partial charge in [0, 0.05) is 38.8 Å². The first-order valence-corrected chi connectivity index (χ1v) is 11.1. The monoisotopic (exact) mass is 489 g/mol. The van der Waals surface area contributed by atoms with Crippen molar-refractivity contribution >= 4 is 44.1 Å². The van der Waals surface area contributed by atoms with Gasteiger partial charge in [0.2, 0.25) is 5.91 Å². The van der Waals surface area contributed by atoms with Gasteiger partial charge in [0.1, 0.15) is 11.3 Å². The number of carbonyl (C=O) groups excluding carboxylic acids is 1.